The van der Waals surface area contributed by atoms with Crippen LogP contribution < -0.4 is 16.4 Å². The second-order valence-electron chi connectivity index (χ2n) is 5.19. The van der Waals surface area contributed by atoms with E-state index >= 15 is 0 Å². The van der Waals surface area contributed by atoms with Crippen molar-refractivity contribution in [2.45, 2.75) is 6.18 Å². The molecule has 2 aromatic rings. The van der Waals surface area contributed by atoms with Gasteiger partial charge in [0.2, 0.25) is 0 Å². The van der Waals surface area contributed by atoms with Gasteiger partial charge in [-0.05, 0) is 24.3 Å². The normalized spacial score (nSPS) is 14.9. The molecule has 11 heteroatoms. The van der Waals surface area contributed by atoms with Crippen molar-refractivity contribution in [3.05, 3.63) is 53.4 Å². The fourth-order valence-corrected chi connectivity index (χ4v) is 2.30. The Morgan fingerprint density at radius 3 is 2.42 bits per heavy atom. The van der Waals surface area contributed by atoms with Crippen molar-refractivity contribution in [1.29, 1.82) is 0 Å². The first-order chi connectivity index (χ1) is 12.2. The Labute approximate surface area is 143 Å². The average molecular weight is 365 g/mol. The highest BCUT2D eigenvalue weighted by Crippen LogP contribution is 2.34. The lowest BCUT2D eigenvalue weighted by atomic mass is 10.2. The Bertz CT molecular complexity index is 956. The zero-order chi connectivity index (χ0) is 19.1. The van der Waals surface area contributed by atoms with Crippen molar-refractivity contribution in [3.63, 3.8) is 0 Å². The number of carbonyl (C=O) groups excluding carboxylic acids is 1. The number of anilines is 2. The van der Waals surface area contributed by atoms with Crippen LogP contribution in [-0.4, -0.2) is 27.0 Å². The third kappa shape index (κ3) is 3.14. The van der Waals surface area contributed by atoms with Crippen LogP contribution in [0.1, 0.15) is 21.9 Å². The van der Waals surface area contributed by atoms with Crippen LogP contribution in [0.2, 0.25) is 0 Å². The van der Waals surface area contributed by atoms with E-state index in [2.05, 4.69) is 20.6 Å². The third-order valence-electron chi connectivity index (χ3n) is 3.45. The standard InChI is InChI=1S/C15H10F3N5O3/c16-15(17,18)9-3-4-20-12(23-9)10(11(19)24)13-21-7-2-1-6(14(25)26)5-8(7)22-13/h1-5,21-22H,(H2,19,24)(H,25,26)/b13-10-. The highest BCUT2D eigenvalue weighted by Gasteiger charge is 2.34. The highest BCUT2D eigenvalue weighted by atomic mass is 19.4. The van der Waals surface area contributed by atoms with Crippen LogP contribution in [0.5, 0.6) is 0 Å². The molecule has 0 unspecified atom stereocenters. The fourth-order valence-electron chi connectivity index (χ4n) is 2.30. The van der Waals surface area contributed by atoms with E-state index in [4.69, 9.17) is 10.8 Å². The molecule has 0 fully saturated rings. The number of aromatic nitrogens is 2. The fraction of sp³-hybridized carbons (Fsp3) is 0.0667. The number of amides is 1. The zero-order valence-corrected chi connectivity index (χ0v) is 12.8. The van der Waals surface area contributed by atoms with Gasteiger partial charge in [0.1, 0.15) is 17.1 Å². The smallest absolute Gasteiger partial charge is 0.433 e. The average Bonchev–Trinajstić information content (AvgIpc) is 2.96. The quantitative estimate of drug-likeness (QED) is 0.611. The van der Waals surface area contributed by atoms with Crippen molar-refractivity contribution < 1.29 is 27.9 Å². The van der Waals surface area contributed by atoms with Gasteiger partial charge in [-0.15, -0.1) is 0 Å². The maximum Gasteiger partial charge on any atom is 0.433 e. The van der Waals surface area contributed by atoms with E-state index < -0.39 is 35.1 Å². The molecule has 0 aliphatic carbocycles. The molecule has 134 valence electrons. The summed E-state index contributed by atoms with van der Waals surface area (Å²) in [5.41, 5.74) is 4.36. The van der Waals surface area contributed by atoms with Crippen molar-refractivity contribution in [2.24, 2.45) is 5.73 Å². The number of nitrogens with one attached hydrogen (secondary N) is 2. The number of aromatic carboxylic acids is 1. The number of primary amides is 1. The van der Waals surface area contributed by atoms with Gasteiger partial charge >= 0.3 is 12.1 Å². The molecule has 0 spiro atoms. The van der Waals surface area contributed by atoms with E-state index in [9.17, 15) is 22.8 Å². The summed E-state index contributed by atoms with van der Waals surface area (Å²) in [6.45, 7) is 0. The van der Waals surface area contributed by atoms with Gasteiger partial charge in [-0.2, -0.15) is 13.2 Å². The van der Waals surface area contributed by atoms with Crippen molar-refractivity contribution in [1.82, 2.24) is 9.97 Å². The van der Waals surface area contributed by atoms with E-state index in [1.165, 1.54) is 18.2 Å². The molecule has 1 aliphatic rings. The van der Waals surface area contributed by atoms with Crippen molar-refractivity contribution in [2.75, 3.05) is 10.6 Å². The van der Waals surface area contributed by atoms with Gasteiger partial charge in [0.05, 0.1) is 16.9 Å². The van der Waals surface area contributed by atoms with Gasteiger partial charge in [0.25, 0.3) is 5.91 Å². The Morgan fingerprint density at radius 2 is 1.81 bits per heavy atom. The van der Waals surface area contributed by atoms with Gasteiger partial charge in [-0.25, -0.2) is 14.8 Å². The summed E-state index contributed by atoms with van der Waals surface area (Å²) < 4.78 is 38.5. The number of hydrogen-bond acceptors (Lipinski definition) is 6. The number of hydrogen-bond donors (Lipinski definition) is 4. The summed E-state index contributed by atoms with van der Waals surface area (Å²) in [7, 11) is 0. The van der Waals surface area contributed by atoms with E-state index in [1.54, 1.807) is 0 Å². The molecule has 0 atom stereocenters. The largest absolute Gasteiger partial charge is 0.478 e. The number of fused-ring (bicyclic) bond motifs is 1. The Balaban J connectivity index is 2.07. The topological polar surface area (TPSA) is 130 Å². The number of carbonyl (C=O) groups is 2. The second kappa shape index (κ2) is 6.02. The lowest BCUT2D eigenvalue weighted by molar-refractivity contribution is -0.141. The molecule has 0 radical (unpaired) electrons. The molecule has 8 nitrogen and oxygen atoms in total. The Hall–Kier alpha value is -3.63. The number of carboxylic acids is 1. The number of alkyl halides is 3. The zero-order valence-electron chi connectivity index (χ0n) is 12.8. The summed E-state index contributed by atoms with van der Waals surface area (Å²) in [4.78, 5) is 29.9. The molecule has 1 aromatic heterocycles. The molecular weight excluding hydrogens is 355 g/mol. The van der Waals surface area contributed by atoms with Crippen LogP contribution in [0.25, 0.3) is 5.57 Å². The SMILES string of the molecule is NC(=O)/C(=C1\Nc2ccc(C(=O)O)cc2N1)c1nccc(C(F)(F)F)n1. The number of halogens is 3. The van der Waals surface area contributed by atoms with Gasteiger partial charge < -0.3 is 21.5 Å². The molecule has 0 saturated heterocycles. The van der Waals surface area contributed by atoms with E-state index in [1.807, 2.05) is 0 Å². The molecular formula is C15H10F3N5O3. The number of carboxylic acid groups (broad SMARTS) is 1. The first-order valence-electron chi connectivity index (χ1n) is 7.03. The van der Waals surface area contributed by atoms with Crippen molar-refractivity contribution >= 4 is 28.8 Å². The van der Waals surface area contributed by atoms with Crippen molar-refractivity contribution in [3.8, 4) is 0 Å². The molecule has 0 saturated carbocycles. The molecule has 1 amide bonds. The van der Waals surface area contributed by atoms with Crippen LogP contribution in [0.3, 0.4) is 0 Å². The maximum absolute atomic E-state index is 12.8. The van der Waals surface area contributed by atoms with Crippen LogP contribution >= 0.6 is 0 Å². The van der Waals surface area contributed by atoms with Gasteiger partial charge in [-0.1, -0.05) is 0 Å². The highest BCUT2D eigenvalue weighted by molar-refractivity contribution is 6.20. The minimum Gasteiger partial charge on any atom is -0.478 e. The Kier molecular flexibility index (Phi) is 3.98. The van der Waals surface area contributed by atoms with Crippen LogP contribution in [0.15, 0.2) is 36.3 Å². The minimum atomic E-state index is -4.72. The van der Waals surface area contributed by atoms with Gasteiger partial charge in [-0.3, -0.25) is 4.79 Å². The number of rotatable bonds is 3. The summed E-state index contributed by atoms with van der Waals surface area (Å²) in [5.74, 6) is -2.79. The molecule has 1 aliphatic heterocycles. The summed E-state index contributed by atoms with van der Waals surface area (Å²) in [6.07, 6.45) is -3.86. The molecule has 2 heterocycles. The monoisotopic (exact) mass is 365 g/mol. The molecule has 5 N–H and O–H groups in total. The first kappa shape index (κ1) is 17.2. The third-order valence-corrected chi connectivity index (χ3v) is 3.45. The summed E-state index contributed by atoms with van der Waals surface area (Å²) in [6, 6.07) is 4.72. The van der Waals surface area contributed by atoms with Crippen LogP contribution in [-0.2, 0) is 11.0 Å². The van der Waals surface area contributed by atoms with E-state index in [0.29, 0.717) is 17.4 Å². The van der Waals surface area contributed by atoms with E-state index in [0.717, 1.165) is 6.20 Å². The molecule has 1 aromatic carbocycles. The molecule has 0 bridgehead atoms. The number of nitrogens with zero attached hydrogens (tertiary/aromatic N) is 2. The van der Waals surface area contributed by atoms with Gasteiger partial charge in [0.15, 0.2) is 5.82 Å². The van der Waals surface area contributed by atoms with Gasteiger partial charge in [0, 0.05) is 6.20 Å². The maximum atomic E-state index is 12.8. The predicted octanol–water partition coefficient (Wildman–Crippen LogP) is 1.89. The number of nitrogens with two attached hydrogens (primary N) is 1. The molecule has 26 heavy (non-hydrogen) atoms. The van der Waals surface area contributed by atoms with Crippen LogP contribution in [0, 0.1) is 0 Å². The molecule has 3 rings (SSSR count). The Morgan fingerprint density at radius 1 is 1.12 bits per heavy atom. The first-order valence-corrected chi connectivity index (χ1v) is 7.03. The number of benzene rings is 1. The lowest BCUT2D eigenvalue weighted by Crippen LogP contribution is -2.21. The minimum absolute atomic E-state index is 0.0183. The summed E-state index contributed by atoms with van der Waals surface area (Å²) in [5, 5.41) is 14.5. The van der Waals surface area contributed by atoms with Crippen LogP contribution in [0.4, 0.5) is 24.5 Å². The lowest BCUT2D eigenvalue weighted by Gasteiger charge is -2.10. The second-order valence-corrected chi connectivity index (χ2v) is 5.19. The van der Waals surface area contributed by atoms with E-state index in [-0.39, 0.29) is 11.4 Å². The summed E-state index contributed by atoms with van der Waals surface area (Å²) >= 11 is 0. The predicted molar refractivity (Wildman–Crippen MR) is 83.8 cm³/mol.